The minimum Gasteiger partial charge on any atom is -0.478 e. The van der Waals surface area contributed by atoms with Gasteiger partial charge in [-0.3, -0.25) is 9.59 Å². The maximum absolute atomic E-state index is 14.8. The van der Waals surface area contributed by atoms with E-state index in [2.05, 4.69) is 5.32 Å². The van der Waals surface area contributed by atoms with E-state index in [-0.39, 0.29) is 23.4 Å². The van der Waals surface area contributed by atoms with Crippen LogP contribution in [0.25, 0.3) is 5.57 Å². The van der Waals surface area contributed by atoms with Gasteiger partial charge in [-0.15, -0.1) is 0 Å². The highest BCUT2D eigenvalue weighted by Gasteiger charge is 2.41. The van der Waals surface area contributed by atoms with E-state index in [4.69, 9.17) is 16.7 Å². The number of carbonyl (C=O) groups excluding carboxylic acids is 2. The summed E-state index contributed by atoms with van der Waals surface area (Å²) in [6.07, 6.45) is -0.248. The molecule has 6 nitrogen and oxygen atoms in total. The summed E-state index contributed by atoms with van der Waals surface area (Å²) in [7, 11) is 0. The van der Waals surface area contributed by atoms with Gasteiger partial charge in [-0.2, -0.15) is 0 Å². The molecule has 1 heterocycles. The summed E-state index contributed by atoms with van der Waals surface area (Å²) >= 11 is 6.05. The van der Waals surface area contributed by atoms with Crippen LogP contribution in [0.4, 0.5) is 20.2 Å². The second-order valence-corrected chi connectivity index (χ2v) is 8.24. The molecule has 0 spiro atoms. The average Bonchev–Trinajstić information content (AvgIpc) is 2.93. The van der Waals surface area contributed by atoms with Crippen LogP contribution in [0.5, 0.6) is 0 Å². The van der Waals surface area contributed by atoms with Crippen LogP contribution < -0.4 is 10.2 Å². The summed E-state index contributed by atoms with van der Waals surface area (Å²) in [5.41, 5.74) is 0.452. The number of alkyl halides is 2. The normalized spacial score (nSPS) is 15.7. The highest BCUT2D eigenvalue weighted by atomic mass is 35.5. The van der Waals surface area contributed by atoms with Gasteiger partial charge in [-0.1, -0.05) is 41.9 Å². The number of benzene rings is 3. The van der Waals surface area contributed by atoms with Crippen molar-refractivity contribution < 1.29 is 28.3 Å². The zero-order valence-electron chi connectivity index (χ0n) is 18.2. The molecule has 35 heavy (non-hydrogen) atoms. The lowest BCUT2D eigenvalue weighted by Crippen LogP contribution is -2.33. The third kappa shape index (κ3) is 5.07. The second-order valence-electron chi connectivity index (χ2n) is 7.84. The summed E-state index contributed by atoms with van der Waals surface area (Å²) < 4.78 is 29.7. The minimum absolute atomic E-state index is 0.0191. The van der Waals surface area contributed by atoms with Crippen LogP contribution in [0.1, 0.15) is 32.7 Å². The van der Waals surface area contributed by atoms with Crippen molar-refractivity contribution in [2.45, 2.75) is 12.3 Å². The molecule has 2 N–H and O–H groups in total. The number of anilines is 2. The zero-order chi connectivity index (χ0) is 25.2. The Balaban J connectivity index is 1.61. The fourth-order valence-corrected chi connectivity index (χ4v) is 4.08. The SMILES string of the molecule is O=C(O)/C=C1/c2ccccc2N(C(=O)c2ccc(NC(=O)c3ccccc3Cl)cc2)CCC1(F)F. The van der Waals surface area contributed by atoms with Crippen LogP contribution in [0.2, 0.25) is 5.02 Å². The molecule has 1 aliphatic heterocycles. The first-order valence-corrected chi connectivity index (χ1v) is 11.0. The molecule has 178 valence electrons. The van der Waals surface area contributed by atoms with E-state index < -0.39 is 35.7 Å². The molecule has 1 aliphatic rings. The van der Waals surface area contributed by atoms with Gasteiger partial charge < -0.3 is 15.3 Å². The molecule has 0 saturated carbocycles. The number of hydrogen-bond acceptors (Lipinski definition) is 3. The van der Waals surface area contributed by atoms with E-state index in [9.17, 15) is 23.2 Å². The number of carboxylic acid groups (broad SMARTS) is 1. The van der Waals surface area contributed by atoms with E-state index in [0.717, 1.165) is 0 Å². The van der Waals surface area contributed by atoms with Crippen LogP contribution in [0.3, 0.4) is 0 Å². The number of carbonyl (C=O) groups is 3. The molecule has 0 aliphatic carbocycles. The average molecular weight is 497 g/mol. The van der Waals surface area contributed by atoms with Gasteiger partial charge in [-0.05, 0) is 42.5 Å². The molecule has 0 aromatic heterocycles. The standard InChI is InChI=1S/C26H19ClF2N2O4/c27-21-7-3-1-6-19(21)24(34)30-17-11-9-16(10-12-17)25(35)31-14-13-26(28,29)20(15-23(32)33)18-5-2-4-8-22(18)31/h1-12,15H,13-14H2,(H,30,34)(H,32,33)/b20-15-. The minimum atomic E-state index is -3.43. The summed E-state index contributed by atoms with van der Waals surface area (Å²) in [4.78, 5) is 38.2. The van der Waals surface area contributed by atoms with Gasteiger partial charge in [0.15, 0.2) is 0 Å². The number of aliphatic carboxylic acids is 1. The molecule has 3 aromatic rings. The number of nitrogens with zero attached hydrogens (tertiary/aromatic N) is 1. The number of carboxylic acids is 1. The molecule has 0 radical (unpaired) electrons. The molecule has 9 heteroatoms. The topological polar surface area (TPSA) is 86.7 Å². The van der Waals surface area contributed by atoms with Crippen molar-refractivity contribution in [1.82, 2.24) is 0 Å². The van der Waals surface area contributed by atoms with Gasteiger partial charge in [0.25, 0.3) is 17.7 Å². The molecule has 0 fully saturated rings. The number of rotatable bonds is 4. The Kier molecular flexibility index (Phi) is 6.66. The van der Waals surface area contributed by atoms with Crippen LogP contribution in [0, 0.1) is 0 Å². The number of para-hydroxylation sites is 1. The number of hydrogen-bond donors (Lipinski definition) is 2. The van der Waals surface area contributed by atoms with Crippen LogP contribution in [-0.4, -0.2) is 35.4 Å². The number of allylic oxidation sites excluding steroid dienone is 1. The monoisotopic (exact) mass is 496 g/mol. The van der Waals surface area contributed by atoms with E-state index in [0.29, 0.717) is 22.3 Å². The maximum Gasteiger partial charge on any atom is 0.328 e. The van der Waals surface area contributed by atoms with Gasteiger partial charge in [-0.25, -0.2) is 13.6 Å². The number of fused-ring (bicyclic) bond motifs is 1. The Morgan fingerprint density at radius 3 is 2.31 bits per heavy atom. The summed E-state index contributed by atoms with van der Waals surface area (Å²) in [6.45, 7) is -0.315. The molecular weight excluding hydrogens is 478 g/mol. The van der Waals surface area contributed by atoms with E-state index in [1.165, 1.54) is 47.4 Å². The van der Waals surface area contributed by atoms with Crippen molar-refractivity contribution in [3.05, 3.63) is 101 Å². The molecule has 2 amide bonds. The Morgan fingerprint density at radius 1 is 0.971 bits per heavy atom. The first-order chi connectivity index (χ1) is 16.7. The van der Waals surface area contributed by atoms with Crippen LogP contribution in [-0.2, 0) is 4.79 Å². The fraction of sp³-hybridized carbons (Fsp3) is 0.115. The predicted octanol–water partition coefficient (Wildman–Crippen LogP) is 5.75. The Hall–Kier alpha value is -4.04. The molecule has 0 saturated heterocycles. The van der Waals surface area contributed by atoms with Crippen molar-refractivity contribution in [3.8, 4) is 0 Å². The quantitative estimate of drug-likeness (QED) is 0.450. The lowest BCUT2D eigenvalue weighted by Gasteiger charge is -2.23. The van der Waals surface area contributed by atoms with Crippen LogP contribution >= 0.6 is 11.6 Å². The van der Waals surface area contributed by atoms with E-state index in [1.807, 2.05) is 0 Å². The summed E-state index contributed by atoms with van der Waals surface area (Å²) in [6, 6.07) is 18.5. The van der Waals surface area contributed by atoms with Crippen molar-refractivity contribution in [3.63, 3.8) is 0 Å². The third-order valence-electron chi connectivity index (χ3n) is 5.55. The van der Waals surface area contributed by atoms with Gasteiger partial charge in [0.2, 0.25) is 0 Å². The Labute approximate surface area is 204 Å². The summed E-state index contributed by atoms with van der Waals surface area (Å²) in [5.74, 6) is -5.88. The molecule has 4 rings (SSSR count). The molecular formula is C26H19ClF2N2O4. The molecule has 3 aromatic carbocycles. The first kappa shape index (κ1) is 24.1. The second kappa shape index (κ2) is 9.68. The van der Waals surface area contributed by atoms with Gasteiger partial charge >= 0.3 is 5.97 Å². The Morgan fingerprint density at radius 2 is 1.63 bits per heavy atom. The number of halogens is 3. The van der Waals surface area contributed by atoms with E-state index in [1.54, 1.807) is 30.3 Å². The first-order valence-electron chi connectivity index (χ1n) is 10.6. The lowest BCUT2D eigenvalue weighted by molar-refractivity contribution is -0.131. The lowest BCUT2D eigenvalue weighted by atomic mass is 9.97. The molecule has 0 unspecified atom stereocenters. The van der Waals surface area contributed by atoms with Gasteiger partial charge in [0, 0.05) is 41.4 Å². The van der Waals surface area contributed by atoms with Gasteiger partial charge in [0.1, 0.15) is 0 Å². The third-order valence-corrected chi connectivity index (χ3v) is 5.88. The predicted molar refractivity (Wildman–Crippen MR) is 129 cm³/mol. The molecule has 0 bridgehead atoms. The van der Waals surface area contributed by atoms with Gasteiger partial charge in [0.05, 0.1) is 16.3 Å². The van der Waals surface area contributed by atoms with Crippen molar-refractivity contribution >= 4 is 46.3 Å². The summed E-state index contributed by atoms with van der Waals surface area (Å²) in [5, 5.41) is 12.1. The number of nitrogens with one attached hydrogen (secondary N) is 1. The molecule has 0 atom stereocenters. The Bertz CT molecular complexity index is 1340. The fourth-order valence-electron chi connectivity index (χ4n) is 3.85. The largest absolute Gasteiger partial charge is 0.478 e. The van der Waals surface area contributed by atoms with E-state index >= 15 is 0 Å². The van der Waals surface area contributed by atoms with Crippen molar-refractivity contribution in [1.29, 1.82) is 0 Å². The highest BCUT2D eigenvalue weighted by Crippen LogP contribution is 2.43. The van der Waals surface area contributed by atoms with Crippen molar-refractivity contribution in [2.24, 2.45) is 0 Å². The smallest absolute Gasteiger partial charge is 0.328 e. The van der Waals surface area contributed by atoms with Crippen LogP contribution in [0.15, 0.2) is 78.9 Å². The number of amides is 2. The van der Waals surface area contributed by atoms with Crippen molar-refractivity contribution in [2.75, 3.05) is 16.8 Å². The highest BCUT2D eigenvalue weighted by molar-refractivity contribution is 6.34. The zero-order valence-corrected chi connectivity index (χ0v) is 18.9. The maximum atomic E-state index is 14.8.